The Balaban J connectivity index is 2.14. The Morgan fingerprint density at radius 3 is 2.83 bits per heavy atom. The fourth-order valence-electron chi connectivity index (χ4n) is 2.12. The van der Waals surface area contributed by atoms with E-state index in [1.807, 2.05) is 18.2 Å². The van der Waals surface area contributed by atoms with Crippen molar-refractivity contribution in [2.75, 3.05) is 0 Å². The minimum absolute atomic E-state index is 0.286. The molecule has 1 atom stereocenters. The predicted molar refractivity (Wildman–Crippen MR) is 70.6 cm³/mol. The molecule has 0 aliphatic carbocycles. The van der Waals surface area contributed by atoms with Gasteiger partial charge in [-0.3, -0.25) is 0 Å². The summed E-state index contributed by atoms with van der Waals surface area (Å²) >= 11 is 7.43. The van der Waals surface area contributed by atoms with E-state index in [4.69, 9.17) is 11.6 Å². The van der Waals surface area contributed by atoms with Crippen molar-refractivity contribution in [3.63, 3.8) is 0 Å². The van der Waals surface area contributed by atoms with Crippen LogP contribution in [-0.2, 0) is 6.42 Å². The van der Waals surface area contributed by atoms with Gasteiger partial charge in [0, 0.05) is 21.2 Å². The maximum Gasteiger partial charge on any atom is 0.124 e. The Hall–Kier alpha value is -1.03. The average molecular weight is 281 g/mol. The number of aliphatic hydroxyl groups excluding tert-OH is 1. The number of halogens is 2. The second-order valence-electron chi connectivity index (χ2n) is 4.26. The van der Waals surface area contributed by atoms with Gasteiger partial charge < -0.3 is 5.11 Å². The molecule has 1 heterocycles. The van der Waals surface area contributed by atoms with Gasteiger partial charge in [0.25, 0.3) is 0 Å². The van der Waals surface area contributed by atoms with Gasteiger partial charge >= 0.3 is 0 Å². The predicted octanol–water partition coefficient (Wildman–Crippen LogP) is 4.22. The molecule has 0 aromatic heterocycles. The minimum atomic E-state index is -0.618. The van der Waals surface area contributed by atoms with Crippen LogP contribution < -0.4 is 0 Å². The van der Waals surface area contributed by atoms with Gasteiger partial charge in [-0.15, -0.1) is 0 Å². The molecule has 1 aliphatic heterocycles. The summed E-state index contributed by atoms with van der Waals surface area (Å²) in [4.78, 5) is 1.78. The number of hydrogen-bond acceptors (Lipinski definition) is 2. The third-order valence-corrected chi connectivity index (χ3v) is 4.42. The first-order valence-electron chi connectivity index (χ1n) is 5.57. The van der Waals surface area contributed by atoms with Crippen LogP contribution in [0.25, 0.3) is 0 Å². The van der Waals surface area contributed by atoms with Gasteiger partial charge in [0.05, 0.1) is 6.10 Å². The number of benzene rings is 2. The molecule has 92 valence electrons. The molecule has 0 amide bonds. The van der Waals surface area contributed by atoms with Crippen molar-refractivity contribution in [3.8, 4) is 0 Å². The Kier molecular flexibility index (Phi) is 3.06. The van der Waals surface area contributed by atoms with Crippen LogP contribution in [0.4, 0.5) is 4.39 Å². The van der Waals surface area contributed by atoms with Crippen molar-refractivity contribution in [1.29, 1.82) is 0 Å². The highest BCUT2D eigenvalue weighted by Crippen LogP contribution is 2.41. The van der Waals surface area contributed by atoms with Crippen LogP contribution in [0.1, 0.15) is 17.2 Å². The molecule has 4 heteroatoms. The fourth-order valence-corrected chi connectivity index (χ4v) is 3.45. The average Bonchev–Trinajstić information content (AvgIpc) is 2.44. The lowest BCUT2D eigenvalue weighted by Crippen LogP contribution is -2.01. The lowest BCUT2D eigenvalue weighted by Gasteiger charge is -2.10. The topological polar surface area (TPSA) is 20.2 Å². The third kappa shape index (κ3) is 2.14. The normalized spacial score (nSPS) is 17.8. The van der Waals surface area contributed by atoms with Crippen molar-refractivity contribution < 1.29 is 9.50 Å². The van der Waals surface area contributed by atoms with E-state index < -0.39 is 6.10 Å². The Morgan fingerprint density at radius 2 is 2.00 bits per heavy atom. The lowest BCUT2D eigenvalue weighted by molar-refractivity contribution is 0.175. The Morgan fingerprint density at radius 1 is 1.17 bits per heavy atom. The maximum absolute atomic E-state index is 13.3. The quantitative estimate of drug-likeness (QED) is 0.780. The first-order valence-corrected chi connectivity index (χ1v) is 6.77. The number of fused-ring (bicyclic) bond motifs is 2. The van der Waals surface area contributed by atoms with Crippen molar-refractivity contribution in [2.45, 2.75) is 22.3 Å². The van der Waals surface area contributed by atoms with Crippen LogP contribution in [0.5, 0.6) is 0 Å². The van der Waals surface area contributed by atoms with E-state index in [2.05, 4.69) is 0 Å². The molecule has 0 bridgehead atoms. The molecule has 2 aromatic rings. The molecule has 0 saturated heterocycles. The van der Waals surface area contributed by atoms with Crippen molar-refractivity contribution >= 4 is 23.4 Å². The molecule has 3 rings (SSSR count). The summed E-state index contributed by atoms with van der Waals surface area (Å²) in [7, 11) is 0. The molecule has 1 N–H and O–H groups in total. The summed E-state index contributed by atoms with van der Waals surface area (Å²) in [6.07, 6.45) is -0.116. The zero-order valence-corrected chi connectivity index (χ0v) is 10.9. The van der Waals surface area contributed by atoms with E-state index in [1.165, 1.54) is 23.9 Å². The van der Waals surface area contributed by atoms with Gasteiger partial charge in [0.2, 0.25) is 0 Å². The first kappa shape index (κ1) is 12.0. The second-order valence-corrected chi connectivity index (χ2v) is 5.78. The molecular weight excluding hydrogens is 271 g/mol. The van der Waals surface area contributed by atoms with E-state index in [0.29, 0.717) is 11.4 Å². The highest BCUT2D eigenvalue weighted by atomic mass is 35.5. The van der Waals surface area contributed by atoms with Gasteiger partial charge in [0.1, 0.15) is 5.82 Å². The lowest BCUT2D eigenvalue weighted by atomic mass is 10.0. The van der Waals surface area contributed by atoms with Gasteiger partial charge in [-0.1, -0.05) is 29.4 Å². The van der Waals surface area contributed by atoms with Crippen LogP contribution in [0, 0.1) is 5.82 Å². The number of aliphatic hydroxyl groups is 1. The zero-order valence-electron chi connectivity index (χ0n) is 9.36. The summed E-state index contributed by atoms with van der Waals surface area (Å²) in [5, 5.41) is 10.8. The molecule has 2 aromatic carbocycles. The van der Waals surface area contributed by atoms with Crippen molar-refractivity contribution in [2.24, 2.45) is 0 Å². The van der Waals surface area contributed by atoms with Crippen molar-refractivity contribution in [1.82, 2.24) is 0 Å². The van der Waals surface area contributed by atoms with E-state index in [1.54, 1.807) is 6.07 Å². The summed E-state index contributed by atoms with van der Waals surface area (Å²) in [6, 6.07) is 10.1. The van der Waals surface area contributed by atoms with Crippen molar-refractivity contribution in [3.05, 3.63) is 58.4 Å². The van der Waals surface area contributed by atoms with E-state index in [9.17, 15) is 9.50 Å². The number of rotatable bonds is 0. The standard InChI is InChI=1S/C14H10ClFOS/c15-9-1-4-13-8(5-9)6-12(17)11-3-2-10(16)7-14(11)18-13/h1-5,7,12,17H,6H2. The SMILES string of the molecule is OC1Cc2cc(Cl)ccc2Sc2cc(F)ccc21. The van der Waals surface area contributed by atoms with Crippen LogP contribution in [0.15, 0.2) is 46.2 Å². The smallest absolute Gasteiger partial charge is 0.124 e. The molecule has 0 spiro atoms. The van der Waals surface area contributed by atoms with Gasteiger partial charge in [0.15, 0.2) is 0 Å². The molecule has 18 heavy (non-hydrogen) atoms. The summed E-state index contributed by atoms with van der Waals surface area (Å²) < 4.78 is 13.3. The molecule has 1 nitrogen and oxygen atoms in total. The molecular formula is C14H10ClFOS. The van der Waals surface area contributed by atoms with Gasteiger partial charge in [-0.25, -0.2) is 4.39 Å². The van der Waals surface area contributed by atoms with Crippen LogP contribution >= 0.6 is 23.4 Å². The van der Waals surface area contributed by atoms with E-state index in [0.717, 1.165) is 20.9 Å². The van der Waals surface area contributed by atoms with Gasteiger partial charge in [-0.2, -0.15) is 0 Å². The summed E-state index contributed by atoms with van der Waals surface area (Å²) in [6.45, 7) is 0. The zero-order chi connectivity index (χ0) is 12.7. The highest BCUT2D eigenvalue weighted by molar-refractivity contribution is 7.99. The van der Waals surface area contributed by atoms with E-state index in [-0.39, 0.29) is 5.82 Å². The molecule has 0 radical (unpaired) electrons. The van der Waals surface area contributed by atoms with Gasteiger partial charge in [-0.05, 0) is 41.5 Å². The fraction of sp³-hybridized carbons (Fsp3) is 0.143. The highest BCUT2D eigenvalue weighted by Gasteiger charge is 2.21. The van der Waals surface area contributed by atoms with Crippen LogP contribution in [0.2, 0.25) is 5.02 Å². The minimum Gasteiger partial charge on any atom is -0.388 e. The number of hydrogen-bond donors (Lipinski definition) is 1. The molecule has 1 unspecified atom stereocenters. The summed E-state index contributed by atoms with van der Waals surface area (Å²) in [5.41, 5.74) is 1.77. The second kappa shape index (κ2) is 4.57. The van der Waals surface area contributed by atoms with Crippen LogP contribution in [-0.4, -0.2) is 5.11 Å². The Bertz CT molecular complexity index is 615. The summed E-state index contributed by atoms with van der Waals surface area (Å²) in [5.74, 6) is -0.286. The van der Waals surface area contributed by atoms with E-state index >= 15 is 0 Å². The maximum atomic E-state index is 13.3. The Labute approximate surface area is 114 Å². The largest absolute Gasteiger partial charge is 0.388 e. The van der Waals surface area contributed by atoms with Crippen LogP contribution in [0.3, 0.4) is 0 Å². The molecule has 0 fully saturated rings. The molecule has 0 saturated carbocycles. The molecule has 1 aliphatic rings. The third-order valence-electron chi connectivity index (χ3n) is 2.99. The monoisotopic (exact) mass is 280 g/mol. The first-order chi connectivity index (χ1) is 8.63.